The third-order valence-electron chi connectivity index (χ3n) is 3.33. The Hall–Kier alpha value is -0.550. The van der Waals surface area contributed by atoms with Crippen LogP contribution in [-0.2, 0) is 16.1 Å². The number of hydrogen-bond acceptors (Lipinski definition) is 4. The summed E-state index contributed by atoms with van der Waals surface area (Å²) >= 11 is 11.6. The van der Waals surface area contributed by atoms with Crippen LogP contribution in [0.3, 0.4) is 0 Å². The van der Waals surface area contributed by atoms with E-state index in [9.17, 15) is 4.79 Å². The van der Waals surface area contributed by atoms with Gasteiger partial charge in [0.2, 0.25) is 0 Å². The number of esters is 1. The van der Waals surface area contributed by atoms with Crippen molar-refractivity contribution in [2.75, 3.05) is 0 Å². The molecule has 0 bridgehead atoms. The molecule has 0 radical (unpaired) electrons. The highest BCUT2D eigenvalue weighted by molar-refractivity contribution is 6.32. The van der Waals surface area contributed by atoms with E-state index in [1.165, 1.54) is 0 Å². The summed E-state index contributed by atoms with van der Waals surface area (Å²) in [5, 5.41) is 0.570. The minimum absolute atomic E-state index is 0. The highest BCUT2D eigenvalue weighted by Gasteiger charge is 2.29. The SMILES string of the molecule is Cl.N[C@H]1CCCC[C@H]1C(=O)OCc1cc(Cl)nc(Cl)c1. The quantitative estimate of drug-likeness (QED) is 0.677. The smallest absolute Gasteiger partial charge is 0.310 e. The molecule has 7 heteroatoms. The van der Waals surface area contributed by atoms with Gasteiger partial charge in [-0.25, -0.2) is 4.98 Å². The first-order chi connectivity index (χ1) is 9.06. The first-order valence-corrected chi connectivity index (χ1v) is 7.06. The number of carbonyl (C=O) groups excluding carboxylic acids is 1. The Balaban J connectivity index is 0.00000200. The van der Waals surface area contributed by atoms with Gasteiger partial charge in [0.25, 0.3) is 0 Å². The molecule has 20 heavy (non-hydrogen) atoms. The fraction of sp³-hybridized carbons (Fsp3) is 0.538. The molecule has 0 saturated heterocycles. The van der Waals surface area contributed by atoms with Crippen molar-refractivity contribution in [2.45, 2.75) is 38.3 Å². The van der Waals surface area contributed by atoms with Crippen molar-refractivity contribution in [3.05, 3.63) is 28.0 Å². The Morgan fingerprint density at radius 3 is 2.50 bits per heavy atom. The first-order valence-electron chi connectivity index (χ1n) is 6.30. The van der Waals surface area contributed by atoms with Crippen LogP contribution in [0.25, 0.3) is 0 Å². The third-order valence-corrected chi connectivity index (χ3v) is 3.71. The van der Waals surface area contributed by atoms with Crippen molar-refractivity contribution in [1.82, 2.24) is 4.98 Å². The molecule has 1 fully saturated rings. The molecule has 1 heterocycles. The maximum atomic E-state index is 12.0. The van der Waals surface area contributed by atoms with Gasteiger partial charge in [0.1, 0.15) is 16.9 Å². The van der Waals surface area contributed by atoms with Gasteiger partial charge in [-0.3, -0.25) is 4.79 Å². The number of aromatic nitrogens is 1. The van der Waals surface area contributed by atoms with Crippen LogP contribution in [0, 0.1) is 5.92 Å². The lowest BCUT2D eigenvalue weighted by molar-refractivity contribution is -0.151. The van der Waals surface area contributed by atoms with E-state index >= 15 is 0 Å². The van der Waals surface area contributed by atoms with Crippen molar-refractivity contribution in [1.29, 1.82) is 0 Å². The molecule has 1 aliphatic carbocycles. The van der Waals surface area contributed by atoms with E-state index in [-0.39, 0.29) is 47.2 Å². The fourth-order valence-corrected chi connectivity index (χ4v) is 2.82. The highest BCUT2D eigenvalue weighted by Crippen LogP contribution is 2.24. The molecule has 0 aliphatic heterocycles. The lowest BCUT2D eigenvalue weighted by Gasteiger charge is -2.26. The summed E-state index contributed by atoms with van der Waals surface area (Å²) in [6, 6.07) is 3.16. The molecule has 1 saturated carbocycles. The lowest BCUT2D eigenvalue weighted by Crippen LogP contribution is -2.38. The predicted octanol–water partition coefficient (Wildman–Crippen LogP) is 3.37. The van der Waals surface area contributed by atoms with Gasteiger partial charge in [0, 0.05) is 6.04 Å². The summed E-state index contributed by atoms with van der Waals surface area (Å²) < 4.78 is 5.28. The maximum Gasteiger partial charge on any atom is 0.310 e. The average Bonchev–Trinajstić information content (AvgIpc) is 2.35. The number of carbonyl (C=O) groups is 1. The van der Waals surface area contributed by atoms with Crippen LogP contribution in [0.4, 0.5) is 0 Å². The summed E-state index contributed by atoms with van der Waals surface area (Å²) in [6.45, 7) is 0.143. The van der Waals surface area contributed by atoms with Crippen molar-refractivity contribution in [3.63, 3.8) is 0 Å². The second kappa shape index (κ2) is 8.03. The maximum absolute atomic E-state index is 12.0. The summed E-state index contributed by atoms with van der Waals surface area (Å²) in [5.41, 5.74) is 6.67. The molecule has 1 aromatic rings. The molecular weight excluding hydrogens is 323 g/mol. The molecule has 0 amide bonds. The zero-order valence-electron chi connectivity index (χ0n) is 10.9. The molecule has 112 valence electrons. The molecular formula is C13H17Cl3N2O2. The van der Waals surface area contributed by atoms with E-state index in [0.717, 1.165) is 31.2 Å². The number of ether oxygens (including phenoxy) is 1. The molecule has 1 aromatic heterocycles. The van der Waals surface area contributed by atoms with Gasteiger partial charge in [0.15, 0.2) is 0 Å². The van der Waals surface area contributed by atoms with E-state index in [0.29, 0.717) is 0 Å². The Bertz CT molecular complexity index is 451. The number of rotatable bonds is 3. The van der Waals surface area contributed by atoms with Crippen molar-refractivity contribution in [2.24, 2.45) is 11.7 Å². The monoisotopic (exact) mass is 338 g/mol. The number of nitrogens with zero attached hydrogens (tertiary/aromatic N) is 1. The Kier molecular flexibility index (Phi) is 7.03. The molecule has 2 N–H and O–H groups in total. The van der Waals surface area contributed by atoms with Crippen LogP contribution < -0.4 is 5.73 Å². The van der Waals surface area contributed by atoms with Gasteiger partial charge >= 0.3 is 5.97 Å². The Labute approximate surface area is 134 Å². The summed E-state index contributed by atoms with van der Waals surface area (Å²) in [4.78, 5) is 15.8. The second-order valence-corrected chi connectivity index (χ2v) is 5.56. The van der Waals surface area contributed by atoms with Gasteiger partial charge in [-0.2, -0.15) is 0 Å². The van der Waals surface area contributed by atoms with Crippen LogP contribution in [0.1, 0.15) is 31.2 Å². The van der Waals surface area contributed by atoms with E-state index in [1.54, 1.807) is 12.1 Å². The van der Waals surface area contributed by atoms with Crippen LogP contribution in [0.5, 0.6) is 0 Å². The van der Waals surface area contributed by atoms with Crippen molar-refractivity contribution in [3.8, 4) is 0 Å². The van der Waals surface area contributed by atoms with E-state index in [2.05, 4.69) is 4.98 Å². The van der Waals surface area contributed by atoms with Crippen LogP contribution in [0.15, 0.2) is 12.1 Å². The number of nitrogens with two attached hydrogens (primary N) is 1. The average molecular weight is 340 g/mol. The Morgan fingerprint density at radius 2 is 1.90 bits per heavy atom. The second-order valence-electron chi connectivity index (χ2n) is 4.78. The van der Waals surface area contributed by atoms with Gasteiger partial charge < -0.3 is 10.5 Å². The van der Waals surface area contributed by atoms with E-state index < -0.39 is 0 Å². The Morgan fingerprint density at radius 1 is 1.30 bits per heavy atom. The van der Waals surface area contributed by atoms with Crippen LogP contribution in [-0.4, -0.2) is 17.0 Å². The summed E-state index contributed by atoms with van der Waals surface area (Å²) in [5.74, 6) is -0.433. The predicted molar refractivity (Wildman–Crippen MR) is 81.2 cm³/mol. The standard InChI is InChI=1S/C13H16Cl2N2O2.ClH/c14-11-5-8(6-12(15)17-11)7-19-13(18)9-3-1-2-4-10(9)16;/h5-6,9-10H,1-4,7,16H2;1H/t9-,10+;/m1./s1. The number of halogens is 3. The molecule has 0 spiro atoms. The molecule has 1 aliphatic rings. The third kappa shape index (κ3) is 4.77. The molecule has 4 nitrogen and oxygen atoms in total. The van der Waals surface area contributed by atoms with E-state index in [1.807, 2.05) is 0 Å². The minimum Gasteiger partial charge on any atom is -0.461 e. The number of hydrogen-bond donors (Lipinski definition) is 1. The summed E-state index contributed by atoms with van der Waals surface area (Å²) in [6.07, 6.45) is 3.80. The van der Waals surface area contributed by atoms with Gasteiger partial charge in [-0.1, -0.05) is 36.0 Å². The van der Waals surface area contributed by atoms with Crippen molar-refractivity contribution < 1.29 is 9.53 Å². The number of pyridine rings is 1. The summed E-state index contributed by atoms with van der Waals surface area (Å²) in [7, 11) is 0. The van der Waals surface area contributed by atoms with Crippen LogP contribution >= 0.6 is 35.6 Å². The minimum atomic E-state index is -0.240. The first kappa shape index (κ1) is 17.5. The largest absolute Gasteiger partial charge is 0.461 e. The lowest BCUT2D eigenvalue weighted by atomic mass is 9.85. The van der Waals surface area contributed by atoms with Crippen LogP contribution in [0.2, 0.25) is 10.3 Å². The van der Waals surface area contributed by atoms with E-state index in [4.69, 9.17) is 33.7 Å². The zero-order valence-corrected chi connectivity index (χ0v) is 13.2. The van der Waals surface area contributed by atoms with Gasteiger partial charge in [-0.15, -0.1) is 12.4 Å². The highest BCUT2D eigenvalue weighted by atomic mass is 35.5. The van der Waals surface area contributed by atoms with Crippen molar-refractivity contribution >= 4 is 41.6 Å². The fourth-order valence-electron chi connectivity index (χ4n) is 2.31. The van der Waals surface area contributed by atoms with Gasteiger partial charge in [0.05, 0.1) is 5.92 Å². The van der Waals surface area contributed by atoms with Gasteiger partial charge in [-0.05, 0) is 30.5 Å². The molecule has 0 unspecified atom stereocenters. The molecule has 0 aromatic carbocycles. The molecule has 2 atom stereocenters. The topological polar surface area (TPSA) is 65.2 Å². The zero-order chi connectivity index (χ0) is 13.8. The molecule has 2 rings (SSSR count). The normalized spacial score (nSPS) is 21.9.